The van der Waals surface area contributed by atoms with Crippen LogP contribution in [-0.2, 0) is 6.54 Å². The second kappa shape index (κ2) is 9.03. The van der Waals surface area contributed by atoms with Crippen LogP contribution in [-0.4, -0.2) is 61.6 Å². The van der Waals surface area contributed by atoms with Gasteiger partial charge in [0.2, 0.25) is 5.43 Å². The molecule has 0 atom stereocenters. The Morgan fingerprint density at radius 3 is 2.44 bits per heavy atom. The van der Waals surface area contributed by atoms with Crippen molar-refractivity contribution in [1.29, 1.82) is 0 Å². The van der Waals surface area contributed by atoms with Crippen molar-refractivity contribution in [3.63, 3.8) is 0 Å². The molecule has 0 saturated carbocycles. The van der Waals surface area contributed by atoms with Gasteiger partial charge >= 0.3 is 0 Å². The van der Waals surface area contributed by atoms with Crippen molar-refractivity contribution < 1.29 is 4.79 Å². The molecule has 1 aliphatic rings. The SMILES string of the molecule is Cc1cc(=O)c(C(=O)N2CCN(Cc3nc(N)c4ccccc4n3)CC2)nn1-c1ccccc1. The maximum atomic E-state index is 13.2. The summed E-state index contributed by atoms with van der Waals surface area (Å²) in [5.74, 6) is 0.775. The lowest BCUT2D eigenvalue weighted by Gasteiger charge is -2.34. The van der Waals surface area contributed by atoms with Gasteiger partial charge in [-0.25, -0.2) is 14.6 Å². The van der Waals surface area contributed by atoms with Gasteiger partial charge in [0.15, 0.2) is 5.69 Å². The molecule has 1 aliphatic heterocycles. The number of para-hydroxylation sites is 2. The summed E-state index contributed by atoms with van der Waals surface area (Å²) in [6, 6.07) is 18.6. The molecule has 5 rings (SSSR count). The molecule has 4 aromatic rings. The van der Waals surface area contributed by atoms with Crippen molar-refractivity contribution in [2.75, 3.05) is 31.9 Å². The number of fused-ring (bicyclic) bond motifs is 1. The summed E-state index contributed by atoms with van der Waals surface area (Å²) in [5, 5.41) is 5.25. The Morgan fingerprint density at radius 1 is 0.971 bits per heavy atom. The molecule has 34 heavy (non-hydrogen) atoms. The number of hydrogen-bond donors (Lipinski definition) is 1. The number of piperazine rings is 1. The van der Waals surface area contributed by atoms with Crippen molar-refractivity contribution in [2.24, 2.45) is 0 Å². The molecule has 9 heteroatoms. The van der Waals surface area contributed by atoms with Crippen molar-refractivity contribution in [1.82, 2.24) is 29.5 Å². The first-order chi connectivity index (χ1) is 16.5. The molecule has 9 nitrogen and oxygen atoms in total. The number of rotatable bonds is 4. The minimum absolute atomic E-state index is 0.0615. The maximum Gasteiger partial charge on any atom is 0.278 e. The fraction of sp³-hybridized carbons (Fsp3) is 0.240. The minimum Gasteiger partial charge on any atom is -0.383 e. The summed E-state index contributed by atoms with van der Waals surface area (Å²) in [6.07, 6.45) is 0. The van der Waals surface area contributed by atoms with Crippen LogP contribution in [0.25, 0.3) is 16.6 Å². The molecule has 2 N–H and O–H groups in total. The first kappa shape index (κ1) is 21.7. The van der Waals surface area contributed by atoms with Crippen LogP contribution in [0.1, 0.15) is 22.0 Å². The Hall–Kier alpha value is -4.11. The number of anilines is 1. The molecule has 0 aliphatic carbocycles. The van der Waals surface area contributed by atoms with Gasteiger partial charge < -0.3 is 10.6 Å². The standard InChI is InChI=1S/C25H25N7O2/c1-17-15-21(33)23(29-32(17)18-7-3-2-4-8-18)25(34)31-13-11-30(12-14-31)16-22-27-20-10-6-5-9-19(20)24(26)28-22/h2-10,15H,11-14,16H2,1H3,(H2,26,27,28). The molecule has 1 saturated heterocycles. The van der Waals surface area contributed by atoms with Gasteiger partial charge in [-0.3, -0.25) is 14.5 Å². The molecule has 2 aromatic heterocycles. The van der Waals surface area contributed by atoms with Crippen molar-refractivity contribution in [3.05, 3.63) is 88.1 Å². The fourth-order valence-corrected chi connectivity index (χ4v) is 4.21. The van der Waals surface area contributed by atoms with E-state index in [9.17, 15) is 9.59 Å². The quantitative estimate of drug-likeness (QED) is 0.501. The van der Waals surface area contributed by atoms with Crippen LogP contribution in [0.5, 0.6) is 0 Å². The highest BCUT2D eigenvalue weighted by Crippen LogP contribution is 2.18. The molecule has 0 spiro atoms. The Balaban J connectivity index is 1.29. The van der Waals surface area contributed by atoms with Gasteiger partial charge in [-0.15, -0.1) is 0 Å². The van der Waals surface area contributed by atoms with Crippen molar-refractivity contribution in [3.8, 4) is 5.69 Å². The second-order valence-corrected chi connectivity index (χ2v) is 8.36. The minimum atomic E-state index is -0.364. The number of aromatic nitrogens is 4. The first-order valence-corrected chi connectivity index (χ1v) is 11.2. The third-order valence-corrected chi connectivity index (χ3v) is 6.01. The monoisotopic (exact) mass is 455 g/mol. The van der Waals surface area contributed by atoms with E-state index in [2.05, 4.69) is 20.0 Å². The molecular formula is C25H25N7O2. The highest BCUT2D eigenvalue weighted by Gasteiger charge is 2.26. The van der Waals surface area contributed by atoms with E-state index in [4.69, 9.17) is 5.73 Å². The van der Waals surface area contributed by atoms with E-state index in [1.54, 1.807) is 16.5 Å². The largest absolute Gasteiger partial charge is 0.383 e. The smallest absolute Gasteiger partial charge is 0.278 e. The Bertz CT molecular complexity index is 1410. The molecule has 3 heterocycles. The summed E-state index contributed by atoms with van der Waals surface area (Å²) in [4.78, 5) is 38.7. The van der Waals surface area contributed by atoms with E-state index in [0.29, 0.717) is 50.1 Å². The van der Waals surface area contributed by atoms with Gasteiger partial charge in [0.1, 0.15) is 11.6 Å². The van der Waals surface area contributed by atoms with Crippen molar-refractivity contribution in [2.45, 2.75) is 13.5 Å². The van der Waals surface area contributed by atoms with Crippen molar-refractivity contribution >= 4 is 22.6 Å². The number of amides is 1. The highest BCUT2D eigenvalue weighted by atomic mass is 16.2. The number of nitrogens with two attached hydrogens (primary N) is 1. The maximum absolute atomic E-state index is 13.2. The number of aryl methyl sites for hydroxylation is 1. The third-order valence-electron chi connectivity index (χ3n) is 6.01. The van der Waals surface area contributed by atoms with Crippen LogP contribution in [0, 0.1) is 6.92 Å². The summed E-state index contributed by atoms with van der Waals surface area (Å²) in [7, 11) is 0. The number of nitrogen functional groups attached to an aromatic ring is 1. The fourth-order valence-electron chi connectivity index (χ4n) is 4.21. The van der Waals surface area contributed by atoms with Gasteiger partial charge in [-0.2, -0.15) is 5.10 Å². The van der Waals surface area contributed by atoms with Gasteiger partial charge in [-0.1, -0.05) is 30.3 Å². The number of hydrogen-bond acceptors (Lipinski definition) is 7. The van der Waals surface area contributed by atoms with Crippen LogP contribution < -0.4 is 11.2 Å². The Kier molecular flexibility index (Phi) is 5.77. The van der Waals surface area contributed by atoms with Gasteiger partial charge in [0.05, 0.1) is 17.7 Å². The summed E-state index contributed by atoms with van der Waals surface area (Å²) in [5.41, 5.74) is 7.97. The predicted molar refractivity (Wildman–Crippen MR) is 130 cm³/mol. The Morgan fingerprint density at radius 2 is 1.68 bits per heavy atom. The summed E-state index contributed by atoms with van der Waals surface area (Å²) < 4.78 is 1.63. The lowest BCUT2D eigenvalue weighted by molar-refractivity contribution is 0.0616. The van der Waals surface area contributed by atoms with Crippen LogP contribution in [0.3, 0.4) is 0 Å². The second-order valence-electron chi connectivity index (χ2n) is 8.36. The van der Waals surface area contributed by atoms with E-state index in [1.165, 1.54) is 6.07 Å². The lowest BCUT2D eigenvalue weighted by Crippen LogP contribution is -2.49. The van der Waals surface area contributed by atoms with Crippen LogP contribution in [0.2, 0.25) is 0 Å². The van der Waals surface area contributed by atoms with E-state index in [1.807, 2.05) is 54.6 Å². The van der Waals surface area contributed by atoms with Crippen LogP contribution >= 0.6 is 0 Å². The van der Waals surface area contributed by atoms with Gasteiger partial charge in [0, 0.05) is 43.3 Å². The van der Waals surface area contributed by atoms with Crippen LogP contribution in [0.4, 0.5) is 5.82 Å². The van der Waals surface area contributed by atoms with E-state index in [0.717, 1.165) is 16.6 Å². The predicted octanol–water partition coefficient (Wildman–Crippen LogP) is 2.02. The lowest BCUT2D eigenvalue weighted by atomic mass is 10.2. The highest BCUT2D eigenvalue weighted by molar-refractivity contribution is 5.92. The number of carbonyl (C=O) groups excluding carboxylic acids is 1. The van der Waals surface area contributed by atoms with Gasteiger partial charge in [-0.05, 0) is 31.2 Å². The average molecular weight is 456 g/mol. The van der Waals surface area contributed by atoms with Crippen LogP contribution in [0.15, 0.2) is 65.5 Å². The molecule has 2 aromatic carbocycles. The molecule has 0 unspecified atom stereocenters. The Labute approximate surface area is 196 Å². The topological polar surface area (TPSA) is 110 Å². The molecule has 0 bridgehead atoms. The normalized spacial score (nSPS) is 14.4. The zero-order valence-electron chi connectivity index (χ0n) is 18.9. The van der Waals surface area contributed by atoms with E-state index in [-0.39, 0.29) is 17.0 Å². The molecule has 1 amide bonds. The number of nitrogens with zero attached hydrogens (tertiary/aromatic N) is 6. The zero-order chi connectivity index (χ0) is 23.7. The summed E-state index contributed by atoms with van der Waals surface area (Å²) in [6.45, 7) is 4.60. The third kappa shape index (κ3) is 4.25. The molecule has 1 fully saturated rings. The molecule has 172 valence electrons. The molecule has 0 radical (unpaired) electrons. The number of benzene rings is 2. The van der Waals surface area contributed by atoms with E-state index < -0.39 is 0 Å². The van der Waals surface area contributed by atoms with Gasteiger partial charge in [0.25, 0.3) is 5.91 Å². The first-order valence-electron chi connectivity index (χ1n) is 11.2. The average Bonchev–Trinajstić information content (AvgIpc) is 2.85. The molecular weight excluding hydrogens is 430 g/mol. The van der Waals surface area contributed by atoms with E-state index >= 15 is 0 Å². The zero-order valence-corrected chi connectivity index (χ0v) is 18.9. The summed E-state index contributed by atoms with van der Waals surface area (Å²) >= 11 is 0. The number of carbonyl (C=O) groups is 1.